The van der Waals surface area contributed by atoms with Crippen molar-refractivity contribution in [3.63, 3.8) is 0 Å². The highest BCUT2D eigenvalue weighted by Crippen LogP contribution is 2.13. The molecule has 0 spiro atoms. The third-order valence-electron chi connectivity index (χ3n) is 2.55. The first-order chi connectivity index (χ1) is 6.61. The molecule has 0 aromatic rings. The molecule has 0 amide bonds. The van der Waals surface area contributed by atoms with Gasteiger partial charge >= 0.3 is 0 Å². The molecule has 4 nitrogen and oxygen atoms in total. The fraction of sp³-hybridized carbons (Fsp3) is 1.00. The second-order valence-corrected chi connectivity index (χ2v) is 4.13. The van der Waals surface area contributed by atoms with Crippen LogP contribution >= 0.6 is 0 Å². The molecule has 0 aliphatic heterocycles. The SMILES string of the molecule is CCC(CCO)NCC(C)(CO)CO. The Bertz CT molecular complexity index is 137. The van der Waals surface area contributed by atoms with Crippen LogP contribution in [0.5, 0.6) is 0 Å². The van der Waals surface area contributed by atoms with Crippen LogP contribution in [0.25, 0.3) is 0 Å². The maximum Gasteiger partial charge on any atom is 0.0518 e. The highest BCUT2D eigenvalue weighted by Gasteiger charge is 2.22. The standard InChI is InChI=1S/C10H23NO3/c1-3-9(4-5-12)11-6-10(2,7-13)8-14/h9,11-14H,3-8H2,1-2H3. The molecule has 14 heavy (non-hydrogen) atoms. The average molecular weight is 205 g/mol. The zero-order valence-corrected chi connectivity index (χ0v) is 9.16. The second kappa shape index (κ2) is 7.17. The molecule has 1 atom stereocenters. The van der Waals surface area contributed by atoms with Crippen LogP contribution in [-0.2, 0) is 0 Å². The Morgan fingerprint density at radius 3 is 2.14 bits per heavy atom. The summed E-state index contributed by atoms with van der Waals surface area (Å²) in [5.74, 6) is 0. The van der Waals surface area contributed by atoms with Gasteiger partial charge in [-0.15, -0.1) is 0 Å². The maximum atomic E-state index is 9.05. The van der Waals surface area contributed by atoms with Crippen molar-refractivity contribution in [2.24, 2.45) is 5.41 Å². The molecule has 0 aliphatic carbocycles. The lowest BCUT2D eigenvalue weighted by molar-refractivity contribution is 0.0662. The highest BCUT2D eigenvalue weighted by molar-refractivity contribution is 4.77. The van der Waals surface area contributed by atoms with E-state index in [1.807, 2.05) is 13.8 Å². The Morgan fingerprint density at radius 1 is 1.21 bits per heavy atom. The zero-order valence-electron chi connectivity index (χ0n) is 9.16. The van der Waals surface area contributed by atoms with Gasteiger partial charge in [-0.3, -0.25) is 0 Å². The van der Waals surface area contributed by atoms with E-state index in [2.05, 4.69) is 5.32 Å². The lowest BCUT2D eigenvalue weighted by Crippen LogP contribution is -2.42. The van der Waals surface area contributed by atoms with Gasteiger partial charge in [0.05, 0.1) is 13.2 Å². The molecular weight excluding hydrogens is 182 g/mol. The summed E-state index contributed by atoms with van der Waals surface area (Å²) in [6.45, 7) is 4.53. The molecule has 0 radical (unpaired) electrons. The number of aliphatic hydroxyl groups is 3. The molecule has 1 unspecified atom stereocenters. The summed E-state index contributed by atoms with van der Waals surface area (Å²) in [7, 11) is 0. The van der Waals surface area contributed by atoms with Gasteiger partial charge in [-0.1, -0.05) is 13.8 Å². The molecule has 4 N–H and O–H groups in total. The number of rotatable bonds is 8. The topological polar surface area (TPSA) is 72.7 Å². The van der Waals surface area contributed by atoms with E-state index in [4.69, 9.17) is 15.3 Å². The average Bonchev–Trinajstić information content (AvgIpc) is 2.23. The van der Waals surface area contributed by atoms with Gasteiger partial charge in [-0.2, -0.15) is 0 Å². The van der Waals surface area contributed by atoms with E-state index < -0.39 is 5.41 Å². The minimum Gasteiger partial charge on any atom is -0.396 e. The second-order valence-electron chi connectivity index (χ2n) is 4.13. The van der Waals surface area contributed by atoms with E-state index in [1.165, 1.54) is 0 Å². The lowest BCUT2D eigenvalue weighted by atomic mass is 9.92. The van der Waals surface area contributed by atoms with Crippen LogP contribution < -0.4 is 5.32 Å². The van der Waals surface area contributed by atoms with Crippen LogP contribution in [0.2, 0.25) is 0 Å². The number of hydrogen-bond acceptors (Lipinski definition) is 4. The van der Waals surface area contributed by atoms with Gasteiger partial charge < -0.3 is 20.6 Å². The Kier molecular flexibility index (Phi) is 7.09. The molecule has 0 aromatic heterocycles. The van der Waals surface area contributed by atoms with Crippen molar-refractivity contribution in [1.82, 2.24) is 5.32 Å². The van der Waals surface area contributed by atoms with Crippen LogP contribution in [0.4, 0.5) is 0 Å². The quantitative estimate of drug-likeness (QED) is 0.440. The molecule has 86 valence electrons. The predicted octanol–water partition coefficient (Wildman–Crippen LogP) is -0.272. The molecule has 0 aromatic carbocycles. The lowest BCUT2D eigenvalue weighted by Gasteiger charge is -2.27. The summed E-state index contributed by atoms with van der Waals surface area (Å²) in [6.07, 6.45) is 1.65. The van der Waals surface area contributed by atoms with E-state index in [-0.39, 0.29) is 25.9 Å². The van der Waals surface area contributed by atoms with Crippen molar-refractivity contribution in [1.29, 1.82) is 0 Å². The van der Waals surface area contributed by atoms with Crippen molar-refractivity contribution in [2.75, 3.05) is 26.4 Å². The summed E-state index contributed by atoms with van der Waals surface area (Å²) < 4.78 is 0. The fourth-order valence-corrected chi connectivity index (χ4v) is 1.16. The summed E-state index contributed by atoms with van der Waals surface area (Å²) in [5.41, 5.74) is -0.469. The van der Waals surface area contributed by atoms with Crippen LogP contribution in [-0.4, -0.2) is 47.7 Å². The van der Waals surface area contributed by atoms with Crippen LogP contribution in [0.3, 0.4) is 0 Å². The molecule has 0 heterocycles. The summed E-state index contributed by atoms with van der Waals surface area (Å²) in [4.78, 5) is 0. The molecule has 0 aliphatic rings. The van der Waals surface area contributed by atoms with Gasteiger partial charge in [-0.05, 0) is 12.8 Å². The smallest absolute Gasteiger partial charge is 0.0518 e. The Balaban J connectivity index is 3.87. The van der Waals surface area contributed by atoms with Gasteiger partial charge in [0.25, 0.3) is 0 Å². The van der Waals surface area contributed by atoms with E-state index in [0.717, 1.165) is 6.42 Å². The molecule has 0 fully saturated rings. The van der Waals surface area contributed by atoms with Crippen molar-refractivity contribution < 1.29 is 15.3 Å². The van der Waals surface area contributed by atoms with Crippen LogP contribution in [0, 0.1) is 5.41 Å². The first-order valence-electron chi connectivity index (χ1n) is 5.18. The third kappa shape index (κ3) is 4.91. The molecule has 0 bridgehead atoms. The van der Waals surface area contributed by atoms with Crippen LogP contribution in [0.1, 0.15) is 26.7 Å². The number of nitrogens with one attached hydrogen (secondary N) is 1. The first kappa shape index (κ1) is 13.8. The zero-order chi connectivity index (χ0) is 11.0. The summed E-state index contributed by atoms with van der Waals surface area (Å²) in [5, 5.41) is 30.1. The monoisotopic (exact) mass is 205 g/mol. The molecule has 4 heteroatoms. The van der Waals surface area contributed by atoms with Gasteiger partial charge in [0.2, 0.25) is 0 Å². The molecular formula is C10H23NO3. The molecule has 0 rings (SSSR count). The largest absolute Gasteiger partial charge is 0.396 e. The van der Waals surface area contributed by atoms with E-state index >= 15 is 0 Å². The normalized spacial score (nSPS) is 14.4. The van der Waals surface area contributed by atoms with Gasteiger partial charge in [0, 0.05) is 24.6 Å². The summed E-state index contributed by atoms with van der Waals surface area (Å²) >= 11 is 0. The van der Waals surface area contributed by atoms with E-state index in [0.29, 0.717) is 13.0 Å². The molecule has 0 saturated heterocycles. The van der Waals surface area contributed by atoms with Gasteiger partial charge in [0.1, 0.15) is 0 Å². The Labute approximate surface area is 86.0 Å². The number of hydrogen-bond donors (Lipinski definition) is 4. The Morgan fingerprint density at radius 2 is 1.79 bits per heavy atom. The Hall–Kier alpha value is -0.160. The van der Waals surface area contributed by atoms with Crippen molar-refractivity contribution >= 4 is 0 Å². The van der Waals surface area contributed by atoms with Crippen LogP contribution in [0.15, 0.2) is 0 Å². The maximum absolute atomic E-state index is 9.05. The number of aliphatic hydroxyl groups excluding tert-OH is 3. The first-order valence-corrected chi connectivity index (χ1v) is 5.18. The van der Waals surface area contributed by atoms with Crippen molar-refractivity contribution in [2.45, 2.75) is 32.7 Å². The van der Waals surface area contributed by atoms with E-state index in [1.54, 1.807) is 0 Å². The third-order valence-corrected chi connectivity index (χ3v) is 2.55. The minimum atomic E-state index is -0.469. The van der Waals surface area contributed by atoms with Crippen molar-refractivity contribution in [3.8, 4) is 0 Å². The van der Waals surface area contributed by atoms with Crippen molar-refractivity contribution in [3.05, 3.63) is 0 Å². The van der Waals surface area contributed by atoms with Gasteiger partial charge in [0.15, 0.2) is 0 Å². The van der Waals surface area contributed by atoms with E-state index in [9.17, 15) is 0 Å². The molecule has 0 saturated carbocycles. The minimum absolute atomic E-state index is 0.0357. The fourth-order valence-electron chi connectivity index (χ4n) is 1.16. The summed E-state index contributed by atoms with van der Waals surface area (Å²) in [6, 6.07) is 0.262. The highest BCUT2D eigenvalue weighted by atomic mass is 16.3. The predicted molar refractivity (Wildman–Crippen MR) is 56.1 cm³/mol. The van der Waals surface area contributed by atoms with Gasteiger partial charge in [-0.25, -0.2) is 0 Å².